The lowest BCUT2D eigenvalue weighted by Crippen LogP contribution is -2.25. The van der Waals surface area contributed by atoms with Gasteiger partial charge in [0.05, 0.1) is 24.5 Å². The predicted octanol–water partition coefficient (Wildman–Crippen LogP) is 1.58. The van der Waals surface area contributed by atoms with Gasteiger partial charge in [0.2, 0.25) is 5.91 Å². The summed E-state index contributed by atoms with van der Waals surface area (Å²) >= 11 is 0. The molecule has 0 saturated carbocycles. The van der Waals surface area contributed by atoms with E-state index in [1.807, 2.05) is 25.3 Å². The maximum Gasteiger partial charge on any atom is 0.222 e. The van der Waals surface area contributed by atoms with Crippen molar-refractivity contribution in [3.63, 3.8) is 0 Å². The number of aryl methyl sites for hydroxylation is 2. The molecule has 1 aliphatic heterocycles. The molecule has 1 fully saturated rings. The smallest absolute Gasteiger partial charge is 0.222 e. The van der Waals surface area contributed by atoms with E-state index < -0.39 is 0 Å². The van der Waals surface area contributed by atoms with Crippen molar-refractivity contribution in [2.24, 2.45) is 0 Å². The van der Waals surface area contributed by atoms with Crippen molar-refractivity contribution in [3.8, 4) is 0 Å². The van der Waals surface area contributed by atoms with Gasteiger partial charge in [-0.25, -0.2) is 9.97 Å². The number of nitrogens with one attached hydrogen (secondary N) is 1. The summed E-state index contributed by atoms with van der Waals surface area (Å²) in [6, 6.07) is 3.76. The van der Waals surface area contributed by atoms with Gasteiger partial charge in [-0.05, 0) is 31.9 Å². The highest BCUT2D eigenvalue weighted by molar-refractivity contribution is 5.75. The van der Waals surface area contributed by atoms with E-state index in [1.54, 1.807) is 10.9 Å². The zero-order valence-electron chi connectivity index (χ0n) is 13.9. The van der Waals surface area contributed by atoms with E-state index in [1.165, 1.54) is 0 Å². The SMILES string of the molecule is Cc1ccn(CCC(=O)NCc2ccnc(C3CCCOC3)n2)n1. The molecule has 0 aliphatic carbocycles. The van der Waals surface area contributed by atoms with Crippen LogP contribution in [0, 0.1) is 6.92 Å². The number of amides is 1. The Morgan fingerprint density at radius 1 is 1.46 bits per heavy atom. The van der Waals surface area contributed by atoms with E-state index in [-0.39, 0.29) is 11.8 Å². The van der Waals surface area contributed by atoms with Crippen molar-refractivity contribution < 1.29 is 9.53 Å². The molecule has 3 heterocycles. The third kappa shape index (κ3) is 4.61. The van der Waals surface area contributed by atoms with Gasteiger partial charge in [-0.3, -0.25) is 9.48 Å². The Kier molecular flexibility index (Phi) is 5.53. The third-order valence-electron chi connectivity index (χ3n) is 4.07. The van der Waals surface area contributed by atoms with Crippen molar-refractivity contribution in [2.75, 3.05) is 13.2 Å². The first kappa shape index (κ1) is 16.6. The van der Waals surface area contributed by atoms with Crippen molar-refractivity contribution >= 4 is 5.91 Å². The summed E-state index contributed by atoms with van der Waals surface area (Å²) in [5.41, 5.74) is 1.78. The maximum atomic E-state index is 12.0. The second-order valence-electron chi connectivity index (χ2n) is 6.07. The van der Waals surface area contributed by atoms with Crippen molar-refractivity contribution in [1.82, 2.24) is 25.1 Å². The fourth-order valence-electron chi connectivity index (χ4n) is 2.73. The van der Waals surface area contributed by atoms with Crippen LogP contribution in [0.1, 0.15) is 42.4 Å². The Bertz CT molecular complexity index is 679. The van der Waals surface area contributed by atoms with Gasteiger partial charge < -0.3 is 10.1 Å². The topological polar surface area (TPSA) is 81.9 Å². The molecule has 128 valence electrons. The molecule has 1 saturated heterocycles. The van der Waals surface area contributed by atoms with Crippen LogP contribution in [-0.2, 0) is 22.6 Å². The summed E-state index contributed by atoms with van der Waals surface area (Å²) in [5, 5.41) is 7.17. The molecule has 0 radical (unpaired) electrons. The molecule has 2 aromatic rings. The van der Waals surface area contributed by atoms with Crippen molar-refractivity contribution in [3.05, 3.63) is 41.7 Å². The number of ether oxygens (including phenoxy) is 1. The van der Waals surface area contributed by atoms with Crippen LogP contribution in [0.15, 0.2) is 24.5 Å². The predicted molar refractivity (Wildman–Crippen MR) is 88.3 cm³/mol. The van der Waals surface area contributed by atoms with Crippen LogP contribution in [0.25, 0.3) is 0 Å². The van der Waals surface area contributed by atoms with E-state index in [0.29, 0.717) is 26.1 Å². The van der Waals surface area contributed by atoms with Crippen LogP contribution in [-0.4, -0.2) is 38.9 Å². The van der Waals surface area contributed by atoms with Gasteiger partial charge in [0.15, 0.2) is 0 Å². The monoisotopic (exact) mass is 329 g/mol. The van der Waals surface area contributed by atoms with Crippen LogP contribution in [0.2, 0.25) is 0 Å². The molecule has 24 heavy (non-hydrogen) atoms. The van der Waals surface area contributed by atoms with Gasteiger partial charge in [-0.15, -0.1) is 0 Å². The van der Waals surface area contributed by atoms with Crippen molar-refractivity contribution in [1.29, 1.82) is 0 Å². The summed E-state index contributed by atoms with van der Waals surface area (Å²) in [5.74, 6) is 1.07. The van der Waals surface area contributed by atoms with E-state index in [4.69, 9.17) is 4.74 Å². The van der Waals surface area contributed by atoms with Gasteiger partial charge in [0.1, 0.15) is 5.82 Å². The molecule has 0 spiro atoms. The first-order chi connectivity index (χ1) is 11.7. The fourth-order valence-corrected chi connectivity index (χ4v) is 2.73. The van der Waals surface area contributed by atoms with Gasteiger partial charge in [-0.1, -0.05) is 0 Å². The molecule has 7 nitrogen and oxygen atoms in total. The lowest BCUT2D eigenvalue weighted by atomic mass is 10.0. The quantitative estimate of drug-likeness (QED) is 0.870. The minimum atomic E-state index is -0.00989. The average molecular weight is 329 g/mol. The molecule has 7 heteroatoms. The highest BCUT2D eigenvalue weighted by Crippen LogP contribution is 2.22. The zero-order valence-corrected chi connectivity index (χ0v) is 13.9. The van der Waals surface area contributed by atoms with Crippen LogP contribution in [0.4, 0.5) is 0 Å². The molecule has 1 amide bonds. The molecule has 2 aromatic heterocycles. The highest BCUT2D eigenvalue weighted by atomic mass is 16.5. The van der Waals surface area contributed by atoms with E-state index in [0.717, 1.165) is 36.7 Å². The average Bonchev–Trinajstić information content (AvgIpc) is 3.04. The van der Waals surface area contributed by atoms with Crippen LogP contribution < -0.4 is 5.32 Å². The van der Waals surface area contributed by atoms with Gasteiger partial charge in [0, 0.05) is 37.9 Å². The number of aromatic nitrogens is 4. The second kappa shape index (κ2) is 8.01. The van der Waals surface area contributed by atoms with E-state index in [9.17, 15) is 4.79 Å². The lowest BCUT2D eigenvalue weighted by Gasteiger charge is -2.20. The minimum Gasteiger partial charge on any atom is -0.381 e. The minimum absolute atomic E-state index is 0.00989. The second-order valence-corrected chi connectivity index (χ2v) is 6.07. The molecule has 1 unspecified atom stereocenters. The molecule has 1 atom stereocenters. The number of hydrogen-bond donors (Lipinski definition) is 1. The highest BCUT2D eigenvalue weighted by Gasteiger charge is 2.18. The molecule has 1 N–H and O–H groups in total. The van der Waals surface area contributed by atoms with E-state index in [2.05, 4.69) is 20.4 Å². The summed E-state index contributed by atoms with van der Waals surface area (Å²) in [6.45, 7) is 4.43. The normalized spacial score (nSPS) is 17.6. The van der Waals surface area contributed by atoms with Gasteiger partial charge in [0.25, 0.3) is 0 Å². The Balaban J connectivity index is 1.47. The third-order valence-corrected chi connectivity index (χ3v) is 4.07. The van der Waals surface area contributed by atoms with Gasteiger partial charge in [-0.2, -0.15) is 5.10 Å². The Labute approximate surface area is 141 Å². The molecule has 3 rings (SSSR count). The van der Waals surface area contributed by atoms with Crippen molar-refractivity contribution in [2.45, 2.75) is 45.2 Å². The summed E-state index contributed by atoms with van der Waals surface area (Å²) < 4.78 is 7.27. The molecular formula is C17H23N5O2. The van der Waals surface area contributed by atoms with Gasteiger partial charge >= 0.3 is 0 Å². The van der Waals surface area contributed by atoms with Crippen LogP contribution in [0.5, 0.6) is 0 Å². The Hall–Kier alpha value is -2.28. The standard InChI is InChI=1S/C17H23N5O2/c1-13-5-8-22(21-13)9-6-16(23)19-11-15-4-7-18-17(20-15)14-3-2-10-24-12-14/h4-5,7-8,14H,2-3,6,9-12H2,1H3,(H,19,23). The fraction of sp³-hybridized carbons (Fsp3) is 0.529. The number of carbonyl (C=O) groups excluding carboxylic acids is 1. The number of carbonyl (C=O) groups is 1. The first-order valence-corrected chi connectivity index (χ1v) is 8.37. The molecule has 0 bridgehead atoms. The maximum absolute atomic E-state index is 12.0. The van der Waals surface area contributed by atoms with Crippen LogP contribution >= 0.6 is 0 Å². The number of nitrogens with zero attached hydrogens (tertiary/aromatic N) is 4. The largest absolute Gasteiger partial charge is 0.381 e. The Morgan fingerprint density at radius 2 is 2.38 bits per heavy atom. The van der Waals surface area contributed by atoms with Crippen LogP contribution in [0.3, 0.4) is 0 Å². The molecule has 1 aliphatic rings. The first-order valence-electron chi connectivity index (χ1n) is 8.37. The number of rotatable bonds is 6. The van der Waals surface area contributed by atoms with E-state index >= 15 is 0 Å². The summed E-state index contributed by atoms with van der Waals surface area (Å²) in [7, 11) is 0. The summed E-state index contributed by atoms with van der Waals surface area (Å²) in [6.07, 6.45) is 6.13. The zero-order chi connectivity index (χ0) is 16.8. The number of hydrogen-bond acceptors (Lipinski definition) is 5. The lowest BCUT2D eigenvalue weighted by molar-refractivity contribution is -0.121. The summed E-state index contributed by atoms with van der Waals surface area (Å²) in [4.78, 5) is 20.9. The molecule has 0 aromatic carbocycles. The molecular weight excluding hydrogens is 306 g/mol. The Morgan fingerprint density at radius 3 is 3.12 bits per heavy atom.